The maximum Gasteiger partial charge on any atom is 0.321 e. The fraction of sp³-hybridized carbons (Fsp3) is 0.579. The topological polar surface area (TPSA) is 166 Å². The molecule has 2 heterocycles. The first-order chi connectivity index (χ1) is 13.8. The predicted octanol–water partition coefficient (Wildman–Crippen LogP) is -0.791. The Kier molecular flexibility index (Phi) is 14.1. The number of fused-ring (bicyclic) bond motifs is 2. The Morgan fingerprint density at radius 3 is 2.00 bits per heavy atom. The molecule has 0 aliphatic carbocycles. The van der Waals surface area contributed by atoms with E-state index >= 15 is 0 Å². The SMILES string of the molecule is CCN1CCN(C(CC(=O)O)C(=O)O)CCN(CC(=O)O)Cc2cccc(n2)C1.O.[Gd]. The van der Waals surface area contributed by atoms with E-state index < -0.39 is 30.4 Å². The van der Waals surface area contributed by atoms with Crippen molar-refractivity contribution in [3.8, 4) is 0 Å². The fourth-order valence-electron chi connectivity index (χ4n) is 3.42. The molecule has 176 valence electrons. The van der Waals surface area contributed by atoms with Gasteiger partial charge in [-0.2, -0.15) is 0 Å². The normalized spacial score (nSPS) is 17.2. The average molecular weight is 584 g/mol. The number of likely N-dealkylation sites (N-methyl/N-ethyl adjacent to an activating group) is 1. The van der Waals surface area contributed by atoms with Crippen LogP contribution in [0.1, 0.15) is 24.7 Å². The first-order valence-electron chi connectivity index (χ1n) is 9.58. The summed E-state index contributed by atoms with van der Waals surface area (Å²) in [6.07, 6.45) is -0.513. The molecular weight excluding hydrogens is 553 g/mol. The van der Waals surface area contributed by atoms with Gasteiger partial charge in [-0.1, -0.05) is 13.0 Å². The minimum absolute atomic E-state index is 0. The molecule has 2 rings (SSSR count). The Morgan fingerprint density at radius 1 is 0.968 bits per heavy atom. The molecule has 1 aromatic rings. The van der Waals surface area contributed by atoms with Crippen LogP contribution < -0.4 is 0 Å². The van der Waals surface area contributed by atoms with Crippen molar-refractivity contribution in [2.75, 3.05) is 39.3 Å². The summed E-state index contributed by atoms with van der Waals surface area (Å²) in [6, 6.07) is 4.47. The van der Waals surface area contributed by atoms with Gasteiger partial charge in [-0.3, -0.25) is 34.1 Å². The molecule has 31 heavy (non-hydrogen) atoms. The number of nitrogens with zero attached hydrogens (tertiary/aromatic N) is 4. The number of carboxylic acids is 3. The van der Waals surface area contributed by atoms with Gasteiger partial charge in [0.25, 0.3) is 0 Å². The number of hydrogen-bond donors (Lipinski definition) is 3. The van der Waals surface area contributed by atoms with Crippen molar-refractivity contribution in [1.82, 2.24) is 19.7 Å². The summed E-state index contributed by atoms with van der Waals surface area (Å²) in [4.78, 5) is 44.2. The van der Waals surface area contributed by atoms with Gasteiger partial charge in [0, 0.05) is 79.2 Å². The van der Waals surface area contributed by atoms with Crippen LogP contribution in [0.5, 0.6) is 0 Å². The molecule has 12 heteroatoms. The van der Waals surface area contributed by atoms with Crippen LogP contribution in [-0.2, 0) is 27.5 Å². The zero-order chi connectivity index (χ0) is 21.4. The summed E-state index contributed by atoms with van der Waals surface area (Å²) in [5, 5.41) is 27.9. The molecule has 5 N–H and O–H groups in total. The van der Waals surface area contributed by atoms with Gasteiger partial charge in [0.1, 0.15) is 6.04 Å². The minimum atomic E-state index is -1.20. The van der Waals surface area contributed by atoms with E-state index in [1.807, 2.05) is 25.1 Å². The number of hydrogen-bond acceptors (Lipinski definition) is 7. The molecule has 0 spiro atoms. The quantitative estimate of drug-likeness (QED) is 0.370. The molecule has 0 fully saturated rings. The zero-order valence-corrected chi connectivity index (χ0v) is 19.7. The van der Waals surface area contributed by atoms with Crippen molar-refractivity contribution < 1.29 is 75.1 Å². The van der Waals surface area contributed by atoms with E-state index in [0.29, 0.717) is 26.2 Å². The summed E-state index contributed by atoms with van der Waals surface area (Å²) in [6.45, 7) is 4.86. The van der Waals surface area contributed by atoms with E-state index in [9.17, 15) is 24.6 Å². The predicted molar refractivity (Wildman–Crippen MR) is 107 cm³/mol. The molecule has 0 amide bonds. The van der Waals surface area contributed by atoms with Crippen molar-refractivity contribution in [3.05, 3.63) is 29.6 Å². The number of pyridine rings is 1. The molecule has 1 aliphatic rings. The van der Waals surface area contributed by atoms with Crippen LogP contribution in [0.25, 0.3) is 0 Å². The van der Waals surface area contributed by atoms with Crippen LogP contribution in [0, 0.1) is 39.9 Å². The molecule has 1 unspecified atom stereocenters. The third kappa shape index (κ3) is 10.3. The minimum Gasteiger partial charge on any atom is -0.481 e. The number of aromatic nitrogens is 1. The number of rotatable bonds is 7. The summed E-state index contributed by atoms with van der Waals surface area (Å²) in [5.74, 6) is -3.37. The number of carboxylic acid groups (broad SMARTS) is 3. The van der Waals surface area contributed by atoms with E-state index in [0.717, 1.165) is 17.9 Å². The Bertz CT molecular complexity index is 737. The van der Waals surface area contributed by atoms with Gasteiger partial charge in [0.05, 0.1) is 24.4 Å². The van der Waals surface area contributed by atoms with Gasteiger partial charge < -0.3 is 20.8 Å². The van der Waals surface area contributed by atoms with Crippen LogP contribution in [0.3, 0.4) is 0 Å². The molecular formula is C19H30GdN4O7. The van der Waals surface area contributed by atoms with E-state index in [-0.39, 0.29) is 65.1 Å². The van der Waals surface area contributed by atoms with Gasteiger partial charge in [-0.25, -0.2) is 0 Å². The van der Waals surface area contributed by atoms with Gasteiger partial charge in [0.15, 0.2) is 0 Å². The summed E-state index contributed by atoms with van der Waals surface area (Å²) in [5.41, 5.74) is 1.60. The van der Waals surface area contributed by atoms with Crippen LogP contribution in [0.15, 0.2) is 18.2 Å². The Labute approximate surface area is 213 Å². The Balaban J connectivity index is 0.00000450. The van der Waals surface area contributed by atoms with Crippen LogP contribution >= 0.6 is 0 Å². The third-order valence-electron chi connectivity index (χ3n) is 4.94. The van der Waals surface area contributed by atoms with Crippen molar-refractivity contribution in [3.63, 3.8) is 0 Å². The molecule has 1 atom stereocenters. The average Bonchev–Trinajstić information content (AvgIpc) is 2.64. The maximum atomic E-state index is 11.7. The molecule has 0 saturated heterocycles. The second-order valence-electron chi connectivity index (χ2n) is 7.08. The van der Waals surface area contributed by atoms with Gasteiger partial charge in [-0.15, -0.1) is 0 Å². The number of aliphatic carboxylic acids is 3. The first kappa shape index (κ1) is 29.7. The zero-order valence-electron chi connectivity index (χ0n) is 17.4. The third-order valence-corrected chi connectivity index (χ3v) is 4.94. The molecule has 2 bridgehead atoms. The second kappa shape index (κ2) is 14.7. The summed E-state index contributed by atoms with van der Waals surface area (Å²) in [7, 11) is 0. The van der Waals surface area contributed by atoms with Crippen molar-refractivity contribution in [2.24, 2.45) is 0 Å². The Morgan fingerprint density at radius 2 is 1.52 bits per heavy atom. The summed E-state index contributed by atoms with van der Waals surface area (Å²) >= 11 is 0. The maximum absolute atomic E-state index is 11.7. The summed E-state index contributed by atoms with van der Waals surface area (Å²) < 4.78 is 0. The largest absolute Gasteiger partial charge is 0.481 e. The molecule has 11 nitrogen and oxygen atoms in total. The monoisotopic (exact) mass is 584 g/mol. The van der Waals surface area contributed by atoms with Crippen LogP contribution in [-0.4, -0.2) is 104 Å². The van der Waals surface area contributed by atoms with Crippen molar-refractivity contribution in [1.29, 1.82) is 0 Å². The van der Waals surface area contributed by atoms with Crippen molar-refractivity contribution >= 4 is 17.9 Å². The molecule has 0 aromatic carbocycles. The fourth-order valence-corrected chi connectivity index (χ4v) is 3.42. The van der Waals surface area contributed by atoms with E-state index in [2.05, 4.69) is 9.88 Å². The van der Waals surface area contributed by atoms with Gasteiger partial charge >= 0.3 is 17.9 Å². The molecule has 1 aliphatic heterocycles. The number of carbonyl (C=O) groups is 3. The molecule has 0 radical (unpaired) electrons. The first-order valence-corrected chi connectivity index (χ1v) is 9.58. The van der Waals surface area contributed by atoms with Crippen molar-refractivity contribution in [2.45, 2.75) is 32.5 Å². The molecule has 0 saturated carbocycles. The van der Waals surface area contributed by atoms with Gasteiger partial charge in [-0.05, 0) is 18.7 Å². The van der Waals surface area contributed by atoms with E-state index in [4.69, 9.17) is 5.11 Å². The van der Waals surface area contributed by atoms with Crippen LogP contribution in [0.4, 0.5) is 0 Å². The second-order valence-corrected chi connectivity index (χ2v) is 7.08. The standard InChI is InChI=1S/C19H28N4O6.Gd.H2O/c1-2-21-6-8-23(16(19(28)29)10-17(24)25)9-7-22(13-18(26)27)12-15-5-3-4-14(11-21)20-15;;/h3-5,16H,2,6-13H2,1H3,(H,24,25)(H,26,27)(H,28,29);;1H2. The van der Waals surface area contributed by atoms with Gasteiger partial charge in [0.2, 0.25) is 0 Å². The molecule has 1 aromatic heterocycles. The van der Waals surface area contributed by atoms with E-state index in [1.165, 1.54) is 0 Å². The Hall–Kier alpha value is -1.28. The van der Waals surface area contributed by atoms with Crippen LogP contribution in [0.2, 0.25) is 0 Å². The smallest absolute Gasteiger partial charge is 0.321 e. The van der Waals surface area contributed by atoms with E-state index in [1.54, 1.807) is 9.80 Å².